The van der Waals surface area contributed by atoms with Crippen LogP contribution in [-0.4, -0.2) is 6.21 Å². The van der Waals surface area contributed by atoms with E-state index in [2.05, 4.69) is 10.5 Å². The van der Waals surface area contributed by atoms with Crippen LogP contribution in [0.4, 0.5) is 5.69 Å². The van der Waals surface area contributed by atoms with Crippen molar-refractivity contribution in [3.8, 4) is 5.75 Å². The highest BCUT2D eigenvalue weighted by Gasteiger charge is 2.03. The van der Waals surface area contributed by atoms with E-state index in [9.17, 15) is 0 Å². The van der Waals surface area contributed by atoms with Gasteiger partial charge in [0.25, 0.3) is 0 Å². The van der Waals surface area contributed by atoms with Gasteiger partial charge in [-0.2, -0.15) is 5.10 Å². The van der Waals surface area contributed by atoms with Crippen LogP contribution in [0.5, 0.6) is 5.75 Å². The first-order chi connectivity index (χ1) is 12.2. The molecule has 0 aliphatic carbocycles. The van der Waals surface area contributed by atoms with Gasteiger partial charge in [-0.05, 0) is 47.5 Å². The Morgan fingerprint density at radius 3 is 2.52 bits per heavy atom. The van der Waals surface area contributed by atoms with Crippen molar-refractivity contribution in [1.82, 2.24) is 0 Å². The van der Waals surface area contributed by atoms with Crippen molar-refractivity contribution >= 4 is 35.1 Å². The van der Waals surface area contributed by atoms with Crippen molar-refractivity contribution < 1.29 is 4.74 Å². The van der Waals surface area contributed by atoms with Gasteiger partial charge in [-0.3, -0.25) is 5.43 Å². The van der Waals surface area contributed by atoms with Crippen molar-refractivity contribution in [2.45, 2.75) is 6.61 Å². The van der Waals surface area contributed by atoms with Gasteiger partial charge in [0.1, 0.15) is 12.4 Å². The molecular formula is C20H16Cl2N2O. The zero-order chi connectivity index (χ0) is 17.5. The van der Waals surface area contributed by atoms with Gasteiger partial charge in [-0.25, -0.2) is 0 Å². The number of hydrogen-bond donors (Lipinski definition) is 1. The number of rotatable bonds is 6. The Hall–Kier alpha value is -2.49. The van der Waals surface area contributed by atoms with Crippen LogP contribution in [0, 0.1) is 0 Å². The van der Waals surface area contributed by atoms with Gasteiger partial charge in [0, 0.05) is 5.02 Å². The van der Waals surface area contributed by atoms with E-state index in [0.29, 0.717) is 22.4 Å². The smallest absolute Gasteiger partial charge is 0.138 e. The molecule has 0 radical (unpaired) electrons. The Kier molecular flexibility index (Phi) is 5.94. The van der Waals surface area contributed by atoms with Gasteiger partial charge in [0.05, 0.1) is 16.9 Å². The van der Waals surface area contributed by atoms with Crippen LogP contribution in [0.25, 0.3) is 0 Å². The molecule has 3 aromatic rings. The van der Waals surface area contributed by atoms with Gasteiger partial charge < -0.3 is 4.74 Å². The average molecular weight is 371 g/mol. The highest BCUT2D eigenvalue weighted by atomic mass is 35.5. The van der Waals surface area contributed by atoms with Crippen molar-refractivity contribution in [3.05, 3.63) is 94.0 Å². The molecule has 3 nitrogen and oxygen atoms in total. The lowest BCUT2D eigenvalue weighted by Gasteiger charge is -2.08. The Labute approximate surface area is 156 Å². The molecule has 0 amide bonds. The summed E-state index contributed by atoms with van der Waals surface area (Å²) in [6.07, 6.45) is 1.69. The molecule has 0 fully saturated rings. The Balaban J connectivity index is 1.60. The number of ether oxygens (including phenoxy) is 1. The molecule has 5 heteroatoms. The molecule has 3 rings (SSSR count). The van der Waals surface area contributed by atoms with E-state index in [1.807, 2.05) is 66.7 Å². The normalized spacial score (nSPS) is 10.8. The number of nitrogens with one attached hydrogen (secondary N) is 1. The molecular weight excluding hydrogens is 355 g/mol. The summed E-state index contributed by atoms with van der Waals surface area (Å²) >= 11 is 12.2. The number of nitrogens with zero attached hydrogens (tertiary/aromatic N) is 1. The lowest BCUT2D eigenvalue weighted by atomic mass is 10.2. The maximum Gasteiger partial charge on any atom is 0.138 e. The minimum atomic E-state index is 0.477. The molecule has 0 spiro atoms. The molecule has 3 aromatic carbocycles. The zero-order valence-electron chi connectivity index (χ0n) is 13.3. The molecule has 0 aliphatic rings. The Bertz CT molecular complexity index is 867. The highest BCUT2D eigenvalue weighted by Crippen LogP contribution is 2.26. The Morgan fingerprint density at radius 1 is 0.920 bits per heavy atom. The highest BCUT2D eigenvalue weighted by molar-refractivity contribution is 6.32. The van der Waals surface area contributed by atoms with E-state index in [4.69, 9.17) is 27.9 Å². The van der Waals surface area contributed by atoms with Crippen molar-refractivity contribution in [2.75, 3.05) is 5.43 Å². The third-order valence-corrected chi connectivity index (χ3v) is 3.96. The maximum absolute atomic E-state index is 6.29. The summed E-state index contributed by atoms with van der Waals surface area (Å²) in [4.78, 5) is 0. The molecule has 25 heavy (non-hydrogen) atoms. The second kappa shape index (κ2) is 8.56. The first-order valence-corrected chi connectivity index (χ1v) is 8.47. The second-order valence-electron chi connectivity index (χ2n) is 5.34. The summed E-state index contributed by atoms with van der Waals surface area (Å²) in [5.41, 5.74) is 5.70. The molecule has 0 heterocycles. The van der Waals surface area contributed by atoms with Gasteiger partial charge >= 0.3 is 0 Å². The van der Waals surface area contributed by atoms with E-state index in [0.717, 1.165) is 16.8 Å². The maximum atomic E-state index is 6.29. The fraction of sp³-hybridized carbons (Fsp3) is 0.0500. The lowest BCUT2D eigenvalue weighted by Crippen LogP contribution is -1.96. The van der Waals surface area contributed by atoms with Gasteiger partial charge in [-0.1, -0.05) is 59.6 Å². The predicted octanol–water partition coefficient (Wildman–Crippen LogP) is 6.02. The molecule has 0 aliphatic heterocycles. The first-order valence-electron chi connectivity index (χ1n) is 7.71. The zero-order valence-corrected chi connectivity index (χ0v) is 14.8. The quantitative estimate of drug-likeness (QED) is 0.425. The summed E-state index contributed by atoms with van der Waals surface area (Å²) in [5.74, 6) is 0.644. The summed E-state index contributed by atoms with van der Waals surface area (Å²) in [5, 5.41) is 5.38. The van der Waals surface area contributed by atoms with E-state index >= 15 is 0 Å². The third kappa shape index (κ3) is 5.24. The van der Waals surface area contributed by atoms with E-state index in [1.165, 1.54) is 0 Å². The molecule has 126 valence electrons. The largest absolute Gasteiger partial charge is 0.487 e. The number of halogens is 2. The first kappa shape index (κ1) is 17.3. The van der Waals surface area contributed by atoms with Crippen molar-refractivity contribution in [2.24, 2.45) is 5.10 Å². The fourth-order valence-electron chi connectivity index (χ4n) is 2.19. The van der Waals surface area contributed by atoms with Gasteiger partial charge in [0.2, 0.25) is 0 Å². The third-order valence-electron chi connectivity index (χ3n) is 3.42. The molecule has 0 saturated carbocycles. The molecule has 0 atom stereocenters. The van der Waals surface area contributed by atoms with Crippen LogP contribution in [0.1, 0.15) is 11.1 Å². The lowest BCUT2D eigenvalue weighted by molar-refractivity contribution is 0.306. The fourth-order valence-corrected chi connectivity index (χ4v) is 2.62. The number of anilines is 1. The number of hydrogen-bond acceptors (Lipinski definition) is 3. The SMILES string of the molecule is Clc1cccc(NN=Cc2ccc(OCc3ccccc3)c(Cl)c2)c1. The minimum absolute atomic E-state index is 0.477. The van der Waals surface area contributed by atoms with Crippen LogP contribution in [0.15, 0.2) is 77.9 Å². The van der Waals surface area contributed by atoms with Gasteiger partial charge in [-0.15, -0.1) is 0 Å². The topological polar surface area (TPSA) is 33.6 Å². The van der Waals surface area contributed by atoms with Crippen LogP contribution < -0.4 is 10.2 Å². The van der Waals surface area contributed by atoms with E-state index in [1.54, 1.807) is 12.3 Å². The van der Waals surface area contributed by atoms with Crippen molar-refractivity contribution in [1.29, 1.82) is 0 Å². The number of hydrazone groups is 1. The Morgan fingerprint density at radius 2 is 1.76 bits per heavy atom. The van der Waals surface area contributed by atoms with Crippen LogP contribution in [0.3, 0.4) is 0 Å². The van der Waals surface area contributed by atoms with Gasteiger partial charge in [0.15, 0.2) is 0 Å². The average Bonchev–Trinajstić information content (AvgIpc) is 2.62. The summed E-state index contributed by atoms with van der Waals surface area (Å²) in [6.45, 7) is 0.477. The summed E-state index contributed by atoms with van der Waals surface area (Å²) in [6, 6.07) is 22.9. The summed E-state index contributed by atoms with van der Waals surface area (Å²) < 4.78 is 5.76. The molecule has 0 bridgehead atoms. The molecule has 0 aromatic heterocycles. The minimum Gasteiger partial charge on any atom is -0.487 e. The molecule has 0 saturated heterocycles. The van der Waals surface area contributed by atoms with E-state index in [-0.39, 0.29) is 0 Å². The standard InChI is InChI=1S/C20H16Cl2N2O/c21-17-7-4-8-18(12-17)24-23-13-16-9-10-20(19(22)11-16)25-14-15-5-2-1-3-6-15/h1-13,24H,14H2. The second-order valence-corrected chi connectivity index (χ2v) is 6.19. The van der Waals surface area contributed by atoms with E-state index < -0.39 is 0 Å². The van der Waals surface area contributed by atoms with Crippen LogP contribution in [-0.2, 0) is 6.61 Å². The molecule has 1 N–H and O–H groups in total. The summed E-state index contributed by atoms with van der Waals surface area (Å²) in [7, 11) is 0. The number of benzene rings is 3. The predicted molar refractivity (Wildman–Crippen MR) is 105 cm³/mol. The van der Waals surface area contributed by atoms with Crippen LogP contribution >= 0.6 is 23.2 Å². The van der Waals surface area contributed by atoms with Crippen molar-refractivity contribution in [3.63, 3.8) is 0 Å². The molecule has 0 unspecified atom stereocenters. The van der Waals surface area contributed by atoms with Crippen LogP contribution in [0.2, 0.25) is 10.0 Å². The monoisotopic (exact) mass is 370 g/mol.